The van der Waals surface area contributed by atoms with Crippen LogP contribution in [0.3, 0.4) is 0 Å². The summed E-state index contributed by atoms with van der Waals surface area (Å²) < 4.78 is 80.0. The molecule has 0 aliphatic heterocycles. The fourth-order valence-corrected chi connectivity index (χ4v) is 7.03. The van der Waals surface area contributed by atoms with Crippen molar-refractivity contribution in [2.75, 3.05) is 14.1 Å². The lowest BCUT2D eigenvalue weighted by Gasteiger charge is -2.53. The number of benzene rings is 2. The molecule has 0 saturated carbocycles. The monoisotopic (exact) mass is 682 g/mol. The van der Waals surface area contributed by atoms with E-state index in [1.165, 1.54) is 38.1 Å². The van der Waals surface area contributed by atoms with E-state index in [9.17, 15) is 66.3 Å². The number of halogens is 6. The predicted octanol–water partition coefficient (Wildman–Crippen LogP) is 3.86. The summed E-state index contributed by atoms with van der Waals surface area (Å²) in [7, 11) is 2.74. The third kappa shape index (κ3) is 5.05. The number of rotatable bonds is 4. The summed E-state index contributed by atoms with van der Waals surface area (Å²) in [6.45, 7) is 1.49. The second kappa shape index (κ2) is 11.2. The van der Waals surface area contributed by atoms with Gasteiger partial charge in [0.25, 0.3) is 5.91 Å². The van der Waals surface area contributed by atoms with E-state index in [2.05, 4.69) is 0 Å². The lowest BCUT2D eigenvalue weighted by molar-refractivity contribution is -0.151. The number of Topliss-reactive ketones (excluding diaryl/α,β-unsaturated/α-hetero) is 2. The molecule has 3 aliphatic carbocycles. The first-order valence-electron chi connectivity index (χ1n) is 14.2. The zero-order valence-corrected chi connectivity index (χ0v) is 25.2. The van der Waals surface area contributed by atoms with Crippen molar-refractivity contribution >= 4 is 29.6 Å². The van der Waals surface area contributed by atoms with Crippen LogP contribution in [0.4, 0.5) is 26.3 Å². The van der Waals surface area contributed by atoms with Gasteiger partial charge in [-0.15, -0.1) is 0 Å². The SMILES string of the molecule is C[C@H]1c2ccc(/C=C/c3cc(C(F)(F)F)cc(C(F)(F)F)c3)c(O)c2C(=O)C2=C(O)[C@]3(O)C(O)=C(C(N)=O)C(=O)[C@@H](N(C)C)[C@@H]3[C@@H](O)[C@@H]21. The van der Waals surface area contributed by atoms with Crippen molar-refractivity contribution in [2.45, 2.75) is 42.9 Å². The second-order valence-electron chi connectivity index (χ2n) is 12.2. The van der Waals surface area contributed by atoms with Gasteiger partial charge in [-0.05, 0) is 49.3 Å². The molecule has 5 rings (SSSR count). The van der Waals surface area contributed by atoms with Crippen molar-refractivity contribution in [3.63, 3.8) is 0 Å². The number of aliphatic hydroxyl groups is 4. The number of hydrogen-bond acceptors (Lipinski definition) is 9. The third-order valence-electron chi connectivity index (χ3n) is 9.23. The van der Waals surface area contributed by atoms with E-state index in [1.54, 1.807) is 0 Å². The third-order valence-corrected chi connectivity index (χ3v) is 9.23. The van der Waals surface area contributed by atoms with Crippen molar-refractivity contribution in [3.8, 4) is 5.75 Å². The molecule has 0 aromatic heterocycles. The first-order chi connectivity index (χ1) is 22.0. The maximum Gasteiger partial charge on any atom is 0.416 e. The van der Waals surface area contributed by atoms with Gasteiger partial charge in [0.2, 0.25) is 0 Å². The molecule has 0 fully saturated rings. The zero-order valence-electron chi connectivity index (χ0n) is 25.2. The molecule has 48 heavy (non-hydrogen) atoms. The summed E-state index contributed by atoms with van der Waals surface area (Å²) in [5, 5.41) is 57.1. The lowest BCUT2D eigenvalue weighted by atomic mass is 9.55. The van der Waals surface area contributed by atoms with Gasteiger partial charge in [-0.3, -0.25) is 19.3 Å². The molecule has 2 aromatic carbocycles. The Morgan fingerprint density at radius 3 is 2.00 bits per heavy atom. The molecular weight excluding hydrogens is 654 g/mol. The van der Waals surface area contributed by atoms with Crippen LogP contribution in [-0.4, -0.2) is 79.7 Å². The van der Waals surface area contributed by atoms with E-state index < -0.39 is 116 Å². The van der Waals surface area contributed by atoms with Crippen LogP contribution in [0.15, 0.2) is 53.0 Å². The molecule has 6 atom stereocenters. The number of phenols is 1. The van der Waals surface area contributed by atoms with E-state index in [0.717, 1.165) is 12.2 Å². The summed E-state index contributed by atoms with van der Waals surface area (Å²) in [6, 6.07) is 1.89. The number of nitrogens with two attached hydrogens (primary N) is 1. The number of carbonyl (C=O) groups excluding carboxylic acids is 3. The van der Waals surface area contributed by atoms with E-state index in [-0.39, 0.29) is 17.2 Å². The maximum atomic E-state index is 14.0. The van der Waals surface area contributed by atoms with Gasteiger partial charge in [-0.2, -0.15) is 26.3 Å². The number of aliphatic hydroxyl groups excluding tert-OH is 3. The number of carbonyl (C=O) groups is 3. The number of phenolic OH excluding ortho intramolecular Hbond substituents is 1. The molecule has 0 saturated heterocycles. The zero-order chi connectivity index (χ0) is 36.0. The Kier molecular flexibility index (Phi) is 8.09. The van der Waals surface area contributed by atoms with Crippen LogP contribution in [0.1, 0.15) is 51.0 Å². The molecule has 0 unspecified atom stereocenters. The normalized spacial score (nSPS) is 27.8. The Morgan fingerprint density at radius 1 is 0.938 bits per heavy atom. The van der Waals surface area contributed by atoms with Crippen LogP contribution in [0.5, 0.6) is 5.75 Å². The van der Waals surface area contributed by atoms with Crippen LogP contribution in [0.25, 0.3) is 12.2 Å². The number of aromatic hydroxyl groups is 1. The predicted molar refractivity (Wildman–Crippen MR) is 155 cm³/mol. The van der Waals surface area contributed by atoms with Crippen LogP contribution in [0.2, 0.25) is 0 Å². The van der Waals surface area contributed by atoms with Gasteiger partial charge in [0.1, 0.15) is 22.8 Å². The number of primary amides is 1. The highest BCUT2D eigenvalue weighted by molar-refractivity contribution is 6.22. The Balaban J connectivity index is 1.67. The quantitative estimate of drug-likeness (QED) is 0.159. The molecule has 2 aromatic rings. The fraction of sp³-hybridized carbons (Fsp3) is 0.344. The van der Waals surface area contributed by atoms with Gasteiger partial charge in [0, 0.05) is 17.1 Å². The molecule has 0 heterocycles. The van der Waals surface area contributed by atoms with Gasteiger partial charge >= 0.3 is 12.4 Å². The first kappa shape index (κ1) is 34.7. The minimum atomic E-state index is -5.11. The van der Waals surface area contributed by atoms with Crippen LogP contribution >= 0.6 is 0 Å². The van der Waals surface area contributed by atoms with Crippen LogP contribution < -0.4 is 5.73 Å². The van der Waals surface area contributed by atoms with Crippen molar-refractivity contribution in [2.24, 2.45) is 17.6 Å². The summed E-state index contributed by atoms with van der Waals surface area (Å²) in [6.07, 6.45) is -10.2. The molecule has 0 radical (unpaired) electrons. The number of amides is 1. The van der Waals surface area contributed by atoms with Gasteiger partial charge in [0.05, 0.1) is 34.8 Å². The largest absolute Gasteiger partial charge is 0.508 e. The molecule has 16 heteroatoms. The van der Waals surface area contributed by atoms with Crippen LogP contribution in [0, 0.1) is 11.8 Å². The van der Waals surface area contributed by atoms with Crippen molar-refractivity contribution in [1.29, 1.82) is 0 Å². The molecular formula is C32H28F6N2O8. The maximum absolute atomic E-state index is 14.0. The molecule has 7 N–H and O–H groups in total. The van der Waals surface area contributed by atoms with Crippen molar-refractivity contribution < 1.29 is 66.3 Å². The molecule has 10 nitrogen and oxygen atoms in total. The Bertz CT molecular complexity index is 1830. The van der Waals surface area contributed by atoms with Crippen LogP contribution in [-0.2, 0) is 21.9 Å². The topological polar surface area (TPSA) is 182 Å². The molecule has 256 valence electrons. The van der Waals surface area contributed by atoms with Gasteiger partial charge in [-0.1, -0.05) is 31.2 Å². The standard InChI is InChI=1S/C32H28F6N2O8/c1-11-16-7-6-13(5-4-12-8-14(31(33,34)35)10-15(9-12)32(36,37)38)23(41)18(16)24(42)19-17(11)25(43)21-22(40(2)3)26(44)20(29(39)47)28(46)30(21,48)27(19)45/h4-11,17,21-22,25,41,43,45-46,48H,1-3H3,(H2,39,47)/b5-4+/t11-,17+,21+,22-,25-,30-/m0/s1. The van der Waals surface area contributed by atoms with E-state index >= 15 is 0 Å². The highest BCUT2D eigenvalue weighted by Crippen LogP contribution is 2.56. The van der Waals surface area contributed by atoms with Crippen molar-refractivity contribution in [1.82, 2.24) is 4.90 Å². The molecule has 3 aliphatic rings. The highest BCUT2D eigenvalue weighted by atomic mass is 19.4. The Morgan fingerprint density at radius 2 is 1.50 bits per heavy atom. The summed E-state index contributed by atoms with van der Waals surface area (Å²) in [5.41, 5.74) is -3.81. The Labute approximate surface area is 267 Å². The average Bonchev–Trinajstić information content (AvgIpc) is 2.97. The number of fused-ring (bicyclic) bond motifs is 3. The number of hydrogen-bond donors (Lipinski definition) is 6. The summed E-state index contributed by atoms with van der Waals surface area (Å²) >= 11 is 0. The highest BCUT2D eigenvalue weighted by Gasteiger charge is 2.66. The second-order valence-corrected chi connectivity index (χ2v) is 12.2. The molecule has 1 amide bonds. The summed E-state index contributed by atoms with van der Waals surface area (Å²) in [4.78, 5) is 40.6. The first-order valence-corrected chi connectivity index (χ1v) is 14.2. The average molecular weight is 683 g/mol. The number of ketones is 2. The smallest absolute Gasteiger partial charge is 0.416 e. The van der Waals surface area contributed by atoms with E-state index in [1.807, 2.05) is 0 Å². The van der Waals surface area contributed by atoms with E-state index in [4.69, 9.17) is 5.73 Å². The summed E-state index contributed by atoms with van der Waals surface area (Å²) in [5.74, 6) is -11.1. The minimum Gasteiger partial charge on any atom is -0.508 e. The van der Waals surface area contributed by atoms with Gasteiger partial charge < -0.3 is 31.3 Å². The molecule has 0 bridgehead atoms. The van der Waals surface area contributed by atoms with Gasteiger partial charge in [-0.25, -0.2) is 0 Å². The minimum absolute atomic E-state index is 0.0518. The number of likely N-dealkylation sites (N-methyl/N-ethyl adjacent to an activating group) is 1. The molecule has 0 spiro atoms. The van der Waals surface area contributed by atoms with Crippen molar-refractivity contribution in [3.05, 3.63) is 86.4 Å². The fourth-order valence-electron chi connectivity index (χ4n) is 7.03. The number of nitrogens with zero attached hydrogens (tertiary/aromatic N) is 1. The number of alkyl halides is 6. The Hall–Kier alpha value is -4.67. The van der Waals surface area contributed by atoms with E-state index in [0.29, 0.717) is 12.1 Å². The van der Waals surface area contributed by atoms with Gasteiger partial charge in [0.15, 0.2) is 17.2 Å². The lowest BCUT2D eigenvalue weighted by Crippen LogP contribution is -2.67.